The van der Waals surface area contributed by atoms with Crippen LogP contribution in [0.2, 0.25) is 0 Å². The molecule has 2 aliphatic heterocycles. The summed E-state index contributed by atoms with van der Waals surface area (Å²) in [4.78, 5) is 37.6. The van der Waals surface area contributed by atoms with Crippen LogP contribution in [-0.2, 0) is 9.59 Å². The summed E-state index contributed by atoms with van der Waals surface area (Å²) in [5.41, 5.74) is 1.55. The number of methoxy groups -OCH3 is 1. The summed E-state index contributed by atoms with van der Waals surface area (Å²) in [5, 5.41) is 3.07. The van der Waals surface area contributed by atoms with E-state index >= 15 is 0 Å². The number of amides is 2. The highest BCUT2D eigenvalue weighted by Gasteiger charge is 2.41. The molecule has 2 aromatic rings. The lowest BCUT2D eigenvalue weighted by Gasteiger charge is -2.41. The van der Waals surface area contributed by atoms with Gasteiger partial charge in [0.15, 0.2) is 0 Å². The van der Waals surface area contributed by atoms with E-state index in [-0.39, 0.29) is 23.8 Å². The van der Waals surface area contributed by atoms with Gasteiger partial charge in [0.2, 0.25) is 11.8 Å². The summed E-state index contributed by atoms with van der Waals surface area (Å²) in [6.45, 7) is 6.65. The second kappa shape index (κ2) is 11.5. The first kappa shape index (κ1) is 25.0. The van der Waals surface area contributed by atoms with Gasteiger partial charge in [-0.15, -0.1) is 0 Å². The zero-order chi connectivity index (χ0) is 24.8. The minimum atomic E-state index is -0.377. The molecule has 3 heterocycles. The number of piperidine rings is 1. The number of unbranched alkanes of at least 4 members (excludes halogenated alkanes) is 1. The van der Waals surface area contributed by atoms with Crippen molar-refractivity contribution in [1.82, 2.24) is 14.8 Å². The molecule has 0 unspecified atom stereocenters. The Morgan fingerprint density at radius 1 is 1.14 bits per heavy atom. The van der Waals surface area contributed by atoms with Crippen molar-refractivity contribution in [3.05, 3.63) is 48.2 Å². The molecule has 0 spiro atoms. The average Bonchev–Trinajstić information content (AvgIpc) is 2.88. The van der Waals surface area contributed by atoms with Crippen LogP contribution in [0.15, 0.2) is 42.6 Å². The first-order valence-electron chi connectivity index (χ1n) is 12.6. The highest BCUT2D eigenvalue weighted by Crippen LogP contribution is 2.41. The summed E-state index contributed by atoms with van der Waals surface area (Å²) >= 11 is 0. The van der Waals surface area contributed by atoms with Crippen molar-refractivity contribution in [2.45, 2.75) is 38.6 Å². The van der Waals surface area contributed by atoms with Crippen LogP contribution >= 0.6 is 0 Å². The number of likely N-dealkylation sites (N-methyl/N-ethyl adjacent to an activating group) is 1. The van der Waals surface area contributed by atoms with Gasteiger partial charge in [0.25, 0.3) is 0 Å². The number of ether oxygens (including phenoxy) is 1. The molecule has 2 atom stereocenters. The lowest BCUT2D eigenvalue weighted by molar-refractivity contribution is -0.142. The van der Waals surface area contributed by atoms with E-state index in [1.807, 2.05) is 41.3 Å². The molecular weight excluding hydrogens is 442 g/mol. The summed E-state index contributed by atoms with van der Waals surface area (Å²) in [5.74, 6) is 1.25. The van der Waals surface area contributed by atoms with Gasteiger partial charge in [-0.2, -0.15) is 0 Å². The van der Waals surface area contributed by atoms with E-state index in [4.69, 9.17) is 4.74 Å². The summed E-state index contributed by atoms with van der Waals surface area (Å²) in [6.07, 6.45) is 4.47. The van der Waals surface area contributed by atoms with Crippen molar-refractivity contribution in [2.24, 2.45) is 5.92 Å². The van der Waals surface area contributed by atoms with Crippen molar-refractivity contribution in [2.75, 3.05) is 57.1 Å². The maximum absolute atomic E-state index is 13.6. The predicted molar refractivity (Wildman–Crippen MR) is 138 cm³/mol. The number of anilines is 2. The fraction of sp³-hybridized carbons (Fsp3) is 0.519. The molecule has 4 rings (SSSR count). The molecule has 188 valence electrons. The molecule has 0 aliphatic carbocycles. The lowest BCUT2D eigenvalue weighted by atomic mass is 9.83. The SMILES string of the molecule is CCCCN1C(=O)CC[C@@H](C(=O)Nc2ccc(N3CCN(C)CC3)nc2)[C@@H]1c1ccccc1OC. The minimum Gasteiger partial charge on any atom is -0.496 e. The Morgan fingerprint density at radius 3 is 2.60 bits per heavy atom. The lowest BCUT2D eigenvalue weighted by Crippen LogP contribution is -2.47. The summed E-state index contributed by atoms with van der Waals surface area (Å²) in [6, 6.07) is 11.2. The number of rotatable bonds is 8. The molecule has 2 amide bonds. The fourth-order valence-electron chi connectivity index (χ4n) is 5.03. The second-order valence-corrected chi connectivity index (χ2v) is 9.46. The van der Waals surface area contributed by atoms with E-state index < -0.39 is 0 Å². The van der Waals surface area contributed by atoms with E-state index in [0.29, 0.717) is 30.8 Å². The third-order valence-corrected chi connectivity index (χ3v) is 7.10. The average molecular weight is 480 g/mol. The maximum Gasteiger partial charge on any atom is 0.229 e. The van der Waals surface area contributed by atoms with Crippen LogP contribution < -0.4 is 15.0 Å². The van der Waals surface area contributed by atoms with E-state index in [1.165, 1.54) is 0 Å². The van der Waals surface area contributed by atoms with Crippen molar-refractivity contribution in [3.63, 3.8) is 0 Å². The van der Waals surface area contributed by atoms with Gasteiger partial charge in [0.1, 0.15) is 11.6 Å². The van der Waals surface area contributed by atoms with Gasteiger partial charge in [0.05, 0.1) is 31.0 Å². The molecule has 1 aromatic heterocycles. The second-order valence-electron chi connectivity index (χ2n) is 9.46. The van der Waals surface area contributed by atoms with Crippen molar-refractivity contribution < 1.29 is 14.3 Å². The number of nitrogens with one attached hydrogen (secondary N) is 1. The molecule has 0 saturated carbocycles. The minimum absolute atomic E-state index is 0.0935. The van der Waals surface area contributed by atoms with Crippen LogP contribution in [0.4, 0.5) is 11.5 Å². The number of piperazine rings is 1. The third-order valence-electron chi connectivity index (χ3n) is 7.10. The number of carbonyl (C=O) groups excluding carboxylic acids is 2. The van der Waals surface area contributed by atoms with Crippen LogP contribution in [0.5, 0.6) is 5.75 Å². The number of hydrogen-bond donors (Lipinski definition) is 1. The molecule has 8 nitrogen and oxygen atoms in total. The van der Waals surface area contributed by atoms with Gasteiger partial charge in [-0.3, -0.25) is 9.59 Å². The molecule has 0 bridgehead atoms. The Labute approximate surface area is 208 Å². The van der Waals surface area contributed by atoms with Crippen molar-refractivity contribution in [3.8, 4) is 5.75 Å². The van der Waals surface area contributed by atoms with Gasteiger partial charge >= 0.3 is 0 Å². The van der Waals surface area contributed by atoms with Gasteiger partial charge in [-0.1, -0.05) is 31.5 Å². The standard InChI is InChI=1S/C27H37N5O3/c1-4-5-14-32-25(33)13-11-22(26(32)21-8-6-7-9-23(21)35-3)27(34)29-20-10-12-24(28-19-20)31-17-15-30(2)16-18-31/h6-10,12,19,22,26H,4-5,11,13-18H2,1-3H3,(H,29,34)/t22-,26+/m1/s1. The maximum atomic E-state index is 13.6. The van der Waals surface area contributed by atoms with E-state index in [0.717, 1.165) is 50.4 Å². The van der Waals surface area contributed by atoms with Crippen LogP contribution in [-0.4, -0.2) is 73.5 Å². The smallest absolute Gasteiger partial charge is 0.229 e. The topological polar surface area (TPSA) is 78.0 Å². The number of likely N-dealkylation sites (tertiary alicyclic amines) is 1. The van der Waals surface area contributed by atoms with Crippen LogP contribution in [0.1, 0.15) is 44.2 Å². The third kappa shape index (κ3) is 5.75. The molecule has 0 radical (unpaired) electrons. The first-order chi connectivity index (χ1) is 17.0. The number of hydrogen-bond acceptors (Lipinski definition) is 6. The Hall–Kier alpha value is -3.13. The van der Waals surface area contributed by atoms with Crippen LogP contribution in [0, 0.1) is 5.92 Å². The van der Waals surface area contributed by atoms with Crippen molar-refractivity contribution in [1.29, 1.82) is 0 Å². The zero-order valence-corrected chi connectivity index (χ0v) is 21.1. The normalized spacial score (nSPS) is 21.2. The number of para-hydroxylation sites is 1. The van der Waals surface area contributed by atoms with Gasteiger partial charge in [-0.05, 0) is 38.1 Å². The Balaban J connectivity index is 1.54. The molecule has 35 heavy (non-hydrogen) atoms. The molecule has 8 heteroatoms. The number of aromatic nitrogens is 1. The number of carbonyl (C=O) groups is 2. The zero-order valence-electron chi connectivity index (χ0n) is 21.1. The van der Waals surface area contributed by atoms with Crippen molar-refractivity contribution >= 4 is 23.3 Å². The Kier molecular flexibility index (Phi) is 8.23. The highest BCUT2D eigenvalue weighted by molar-refractivity contribution is 5.94. The number of nitrogens with zero attached hydrogens (tertiary/aromatic N) is 4. The fourth-order valence-corrected chi connectivity index (χ4v) is 5.03. The summed E-state index contributed by atoms with van der Waals surface area (Å²) in [7, 11) is 3.76. The van der Waals surface area contributed by atoms with Gasteiger partial charge < -0.3 is 24.8 Å². The molecule has 1 aromatic carbocycles. The molecular formula is C27H37N5O3. The Morgan fingerprint density at radius 2 is 1.91 bits per heavy atom. The van der Waals surface area contributed by atoms with Crippen LogP contribution in [0.25, 0.3) is 0 Å². The predicted octanol–water partition coefficient (Wildman–Crippen LogP) is 3.56. The molecule has 1 N–H and O–H groups in total. The summed E-state index contributed by atoms with van der Waals surface area (Å²) < 4.78 is 5.62. The van der Waals surface area contributed by atoms with E-state index in [1.54, 1.807) is 13.3 Å². The molecule has 2 aliphatic rings. The first-order valence-corrected chi connectivity index (χ1v) is 12.6. The quantitative estimate of drug-likeness (QED) is 0.624. The molecule has 2 saturated heterocycles. The number of pyridine rings is 1. The monoisotopic (exact) mass is 479 g/mol. The number of benzene rings is 1. The van der Waals surface area contributed by atoms with E-state index in [9.17, 15) is 9.59 Å². The Bertz CT molecular complexity index is 1000. The highest BCUT2D eigenvalue weighted by atomic mass is 16.5. The van der Waals surface area contributed by atoms with Gasteiger partial charge in [0, 0.05) is 44.7 Å². The van der Waals surface area contributed by atoms with Gasteiger partial charge in [-0.25, -0.2) is 4.98 Å². The van der Waals surface area contributed by atoms with E-state index in [2.05, 4.69) is 34.1 Å². The van der Waals surface area contributed by atoms with Crippen LogP contribution in [0.3, 0.4) is 0 Å². The largest absolute Gasteiger partial charge is 0.496 e. The molecule has 2 fully saturated rings.